The first-order chi connectivity index (χ1) is 4.81. The van der Waals surface area contributed by atoms with Gasteiger partial charge in [-0.3, -0.25) is 0 Å². The molecular formula is C5H6N2OS2. The summed E-state index contributed by atoms with van der Waals surface area (Å²) in [4.78, 5) is 0. The van der Waals surface area contributed by atoms with Gasteiger partial charge in [-0.05, 0) is 23.5 Å². The van der Waals surface area contributed by atoms with E-state index in [0.29, 0.717) is 11.5 Å². The summed E-state index contributed by atoms with van der Waals surface area (Å²) in [6.07, 6.45) is -0.547. The maximum absolute atomic E-state index is 8.97. The van der Waals surface area contributed by atoms with E-state index >= 15 is 0 Å². The molecule has 0 aromatic heterocycles. The summed E-state index contributed by atoms with van der Waals surface area (Å²) in [6, 6.07) is 0. The number of aliphatic hydroxyl groups excluding tert-OH is 1. The maximum atomic E-state index is 8.97. The van der Waals surface area contributed by atoms with Crippen molar-refractivity contribution in [1.82, 2.24) is 0 Å². The third-order valence-corrected chi connectivity index (χ3v) is 2.04. The highest BCUT2D eigenvalue weighted by Crippen LogP contribution is 2.05. The Labute approximate surface area is 68.0 Å². The Balaban J connectivity index is 3.20. The molecule has 0 saturated carbocycles. The van der Waals surface area contributed by atoms with Crippen LogP contribution in [0, 0.1) is 21.3 Å². The van der Waals surface area contributed by atoms with Crippen LogP contribution in [-0.4, -0.2) is 22.7 Å². The van der Waals surface area contributed by atoms with E-state index in [1.165, 1.54) is 0 Å². The normalized spacial score (nSPS) is 8.80. The molecule has 0 aliphatic rings. The van der Waals surface area contributed by atoms with Crippen LogP contribution >= 0.6 is 23.5 Å². The molecule has 0 heterocycles. The van der Waals surface area contributed by atoms with E-state index in [-0.39, 0.29) is 0 Å². The van der Waals surface area contributed by atoms with Gasteiger partial charge in [0.05, 0.1) is 6.10 Å². The predicted molar refractivity (Wildman–Crippen MR) is 42.1 cm³/mol. The van der Waals surface area contributed by atoms with Crippen molar-refractivity contribution in [2.45, 2.75) is 6.10 Å². The van der Waals surface area contributed by atoms with Crippen LogP contribution in [0.4, 0.5) is 0 Å². The third-order valence-electron chi connectivity index (χ3n) is 0.681. The Morgan fingerprint density at radius 2 is 1.60 bits per heavy atom. The lowest BCUT2D eigenvalue weighted by Gasteiger charge is -2.01. The third kappa shape index (κ3) is 5.77. The monoisotopic (exact) mass is 174 g/mol. The van der Waals surface area contributed by atoms with Crippen LogP contribution in [0.2, 0.25) is 0 Å². The fourth-order valence-electron chi connectivity index (χ4n) is 0.315. The molecule has 0 saturated heterocycles. The molecule has 0 spiro atoms. The van der Waals surface area contributed by atoms with E-state index in [0.717, 1.165) is 23.5 Å². The molecule has 10 heavy (non-hydrogen) atoms. The highest BCUT2D eigenvalue weighted by molar-refractivity contribution is 8.04. The number of nitriles is 2. The molecule has 0 aromatic rings. The molecule has 0 amide bonds. The van der Waals surface area contributed by atoms with Crippen LogP contribution in [0.3, 0.4) is 0 Å². The van der Waals surface area contributed by atoms with Crippen molar-refractivity contribution in [3.05, 3.63) is 0 Å². The van der Waals surface area contributed by atoms with Crippen LogP contribution in [0.5, 0.6) is 0 Å². The van der Waals surface area contributed by atoms with Gasteiger partial charge in [0.2, 0.25) is 0 Å². The van der Waals surface area contributed by atoms with Gasteiger partial charge in [0.25, 0.3) is 0 Å². The molecule has 0 aliphatic carbocycles. The summed E-state index contributed by atoms with van der Waals surface area (Å²) >= 11 is 2.00. The molecule has 1 N–H and O–H groups in total. The van der Waals surface area contributed by atoms with Gasteiger partial charge in [-0.1, -0.05) is 0 Å². The molecule has 5 heteroatoms. The Kier molecular flexibility index (Phi) is 6.51. The van der Waals surface area contributed by atoms with E-state index in [9.17, 15) is 0 Å². The fourth-order valence-corrected chi connectivity index (χ4v) is 1.23. The van der Waals surface area contributed by atoms with E-state index in [1.807, 2.05) is 10.8 Å². The van der Waals surface area contributed by atoms with Gasteiger partial charge < -0.3 is 5.11 Å². The Hall–Kier alpha value is -0.360. The van der Waals surface area contributed by atoms with Crippen molar-refractivity contribution in [1.29, 1.82) is 10.5 Å². The maximum Gasteiger partial charge on any atom is 0.133 e. The molecule has 0 fully saturated rings. The number of aliphatic hydroxyl groups is 1. The van der Waals surface area contributed by atoms with E-state index < -0.39 is 6.10 Å². The van der Waals surface area contributed by atoms with Crippen molar-refractivity contribution < 1.29 is 5.11 Å². The zero-order valence-electron chi connectivity index (χ0n) is 5.15. The number of nitrogens with zero attached hydrogens (tertiary/aromatic N) is 2. The quantitative estimate of drug-likeness (QED) is 0.638. The smallest absolute Gasteiger partial charge is 0.133 e. The van der Waals surface area contributed by atoms with Crippen LogP contribution in [0.1, 0.15) is 0 Å². The van der Waals surface area contributed by atoms with Gasteiger partial charge >= 0.3 is 0 Å². The van der Waals surface area contributed by atoms with Gasteiger partial charge in [-0.25, -0.2) is 0 Å². The van der Waals surface area contributed by atoms with Crippen molar-refractivity contribution in [3.8, 4) is 10.8 Å². The second kappa shape index (κ2) is 6.76. The van der Waals surface area contributed by atoms with Crippen LogP contribution in [0.15, 0.2) is 0 Å². The Bertz CT molecular complexity index is 142. The number of hydrogen-bond acceptors (Lipinski definition) is 5. The minimum absolute atomic E-state index is 0.380. The van der Waals surface area contributed by atoms with Gasteiger partial charge in [0.15, 0.2) is 0 Å². The van der Waals surface area contributed by atoms with Crippen LogP contribution in [-0.2, 0) is 0 Å². The molecule has 0 unspecified atom stereocenters. The summed E-state index contributed by atoms with van der Waals surface area (Å²) in [5.74, 6) is 0.760. The first-order valence-electron chi connectivity index (χ1n) is 2.51. The molecule has 0 atom stereocenters. The molecule has 0 rings (SSSR count). The number of thioether (sulfide) groups is 2. The molecule has 0 bridgehead atoms. The molecule has 3 nitrogen and oxygen atoms in total. The highest BCUT2D eigenvalue weighted by Gasteiger charge is 2.02. The Morgan fingerprint density at radius 3 is 1.90 bits per heavy atom. The number of rotatable bonds is 4. The first kappa shape index (κ1) is 9.64. The van der Waals surface area contributed by atoms with Gasteiger partial charge in [0.1, 0.15) is 10.8 Å². The lowest BCUT2D eigenvalue weighted by Crippen LogP contribution is -2.11. The summed E-state index contributed by atoms with van der Waals surface area (Å²) in [6.45, 7) is 0. The van der Waals surface area contributed by atoms with Crippen LogP contribution in [0.25, 0.3) is 0 Å². The van der Waals surface area contributed by atoms with E-state index in [1.54, 1.807) is 0 Å². The first-order valence-corrected chi connectivity index (χ1v) is 4.48. The van der Waals surface area contributed by atoms with Crippen molar-refractivity contribution in [2.24, 2.45) is 0 Å². The summed E-state index contributed by atoms with van der Waals surface area (Å²) in [5.41, 5.74) is 0. The van der Waals surface area contributed by atoms with Gasteiger partial charge in [-0.15, -0.1) is 0 Å². The number of thiocyanates is 2. The van der Waals surface area contributed by atoms with Crippen molar-refractivity contribution >= 4 is 23.5 Å². The molecule has 0 aliphatic heterocycles. The lowest BCUT2D eigenvalue weighted by atomic mass is 10.5. The Morgan fingerprint density at radius 1 is 1.20 bits per heavy atom. The van der Waals surface area contributed by atoms with Crippen molar-refractivity contribution in [3.63, 3.8) is 0 Å². The zero-order valence-corrected chi connectivity index (χ0v) is 6.78. The molecular weight excluding hydrogens is 168 g/mol. The minimum atomic E-state index is -0.547. The highest BCUT2D eigenvalue weighted by atomic mass is 32.2. The van der Waals surface area contributed by atoms with Crippen LogP contribution < -0.4 is 0 Å². The fraction of sp³-hybridized carbons (Fsp3) is 0.600. The average Bonchev–Trinajstić information content (AvgIpc) is 1.97. The van der Waals surface area contributed by atoms with Crippen molar-refractivity contribution in [2.75, 3.05) is 11.5 Å². The topological polar surface area (TPSA) is 67.8 Å². The zero-order chi connectivity index (χ0) is 7.82. The lowest BCUT2D eigenvalue weighted by molar-refractivity contribution is 0.225. The average molecular weight is 174 g/mol. The standard InChI is InChI=1S/C5H6N2OS2/c6-3-9-1-5(8)2-10-4-7/h5,8H,1-2H2. The molecule has 0 aromatic carbocycles. The van der Waals surface area contributed by atoms with E-state index in [2.05, 4.69) is 0 Å². The SMILES string of the molecule is N#CSCC(O)CSC#N. The number of hydrogen-bond donors (Lipinski definition) is 1. The second-order valence-corrected chi connectivity index (χ2v) is 3.07. The summed E-state index contributed by atoms with van der Waals surface area (Å²) < 4.78 is 0. The molecule has 54 valence electrons. The van der Waals surface area contributed by atoms with E-state index in [4.69, 9.17) is 15.6 Å². The predicted octanol–water partition coefficient (Wildman–Crippen LogP) is 0.776. The van der Waals surface area contributed by atoms with Gasteiger partial charge in [-0.2, -0.15) is 10.5 Å². The largest absolute Gasteiger partial charge is 0.391 e. The minimum Gasteiger partial charge on any atom is -0.391 e. The summed E-state index contributed by atoms with van der Waals surface area (Å²) in [5, 5.41) is 28.8. The van der Waals surface area contributed by atoms with Gasteiger partial charge in [0, 0.05) is 11.5 Å². The molecule has 0 radical (unpaired) electrons. The second-order valence-electron chi connectivity index (χ2n) is 1.46. The summed E-state index contributed by atoms with van der Waals surface area (Å²) in [7, 11) is 0.